The van der Waals surface area contributed by atoms with Crippen molar-refractivity contribution in [2.75, 3.05) is 0 Å². The molecule has 0 saturated heterocycles. The highest BCUT2D eigenvalue weighted by Crippen LogP contribution is 2.48. The van der Waals surface area contributed by atoms with Gasteiger partial charge >= 0.3 is 6.18 Å². The minimum atomic E-state index is -4.64. The van der Waals surface area contributed by atoms with Gasteiger partial charge in [-0.1, -0.05) is 113 Å². The van der Waals surface area contributed by atoms with Crippen molar-refractivity contribution in [3.05, 3.63) is 259 Å². The highest BCUT2D eigenvalue weighted by molar-refractivity contribution is 6.14. The van der Waals surface area contributed by atoms with E-state index >= 15 is 13.2 Å². The molecule has 0 saturated carbocycles. The third-order valence-corrected chi connectivity index (χ3v) is 18.2. The number of rotatable bonds is 8. The van der Waals surface area contributed by atoms with Crippen molar-refractivity contribution in [2.24, 2.45) is 0 Å². The summed E-state index contributed by atoms with van der Waals surface area (Å²) >= 11 is 0. The zero-order chi connectivity index (χ0) is 61.2. The summed E-state index contributed by atoms with van der Waals surface area (Å²) < 4.78 is 50.9. The van der Waals surface area contributed by atoms with E-state index in [9.17, 15) is 5.26 Å². The van der Waals surface area contributed by atoms with E-state index < -0.39 is 11.7 Å². The van der Waals surface area contributed by atoms with Crippen LogP contribution in [-0.4, -0.2) is 9.13 Å². The average molecular weight is 1140 g/mol. The van der Waals surface area contributed by atoms with Crippen LogP contribution in [0.3, 0.4) is 0 Å². The van der Waals surface area contributed by atoms with Gasteiger partial charge in [-0.3, -0.25) is 0 Å². The standard InChI is InChI=1S/C81H68F3N3/c1-44-29-49(6)76(50(7)30-44)58-18-24-72-65(38-58)66-39-59(77-51(8)31-45(2)32-52(77)9)19-25-73(66)86(72)70-23-17-57(43-85)37-63(70)64-42-62(80-48(5)15-14-16-69(80)81(82,83)84)22-28-71(64)87-74-26-20-60(78-53(10)33-46(3)34-54(78)11)40-67(74)68-41-61(21-27-75(68)87)79-55(12)35-47(4)36-56(79)13/h14-42H,1-13H3. The number of benzene rings is 11. The number of alkyl halides is 3. The van der Waals surface area contributed by atoms with Crippen LogP contribution in [-0.2, 0) is 6.18 Å². The quantitative estimate of drug-likeness (QED) is 0.149. The number of nitriles is 1. The van der Waals surface area contributed by atoms with Crippen LogP contribution in [0.15, 0.2) is 176 Å². The lowest BCUT2D eigenvalue weighted by Gasteiger charge is -2.22. The summed E-state index contributed by atoms with van der Waals surface area (Å²) in [6.45, 7) is 27.7. The Morgan fingerprint density at radius 1 is 0.310 bits per heavy atom. The number of fused-ring (bicyclic) bond motifs is 6. The predicted octanol–water partition coefficient (Wildman–Crippen LogP) is 22.8. The molecule has 0 bridgehead atoms. The van der Waals surface area contributed by atoms with Crippen molar-refractivity contribution >= 4 is 43.6 Å². The summed E-state index contributed by atoms with van der Waals surface area (Å²) in [4.78, 5) is 0. The molecular formula is C81H68F3N3. The van der Waals surface area contributed by atoms with Gasteiger partial charge in [-0.15, -0.1) is 0 Å². The fourth-order valence-electron chi connectivity index (χ4n) is 15.1. The maximum atomic E-state index is 15.4. The van der Waals surface area contributed by atoms with Gasteiger partial charge in [-0.25, -0.2) is 0 Å². The Balaban J connectivity index is 1.15. The molecule has 11 aromatic carbocycles. The van der Waals surface area contributed by atoms with Gasteiger partial charge in [0.1, 0.15) is 0 Å². The van der Waals surface area contributed by atoms with Crippen LogP contribution in [0.1, 0.15) is 83.5 Å². The summed E-state index contributed by atoms with van der Waals surface area (Å²) in [5, 5.41) is 15.2. The molecule has 0 atom stereocenters. The highest BCUT2D eigenvalue weighted by Gasteiger charge is 2.35. The summed E-state index contributed by atoms with van der Waals surface area (Å²) in [7, 11) is 0. The van der Waals surface area contributed by atoms with Gasteiger partial charge in [0.15, 0.2) is 0 Å². The number of halogens is 3. The van der Waals surface area contributed by atoms with E-state index in [0.717, 1.165) is 77.2 Å². The first kappa shape index (κ1) is 56.4. The first-order chi connectivity index (χ1) is 41.6. The Morgan fingerprint density at radius 2 is 0.609 bits per heavy atom. The highest BCUT2D eigenvalue weighted by atomic mass is 19.4. The van der Waals surface area contributed by atoms with Crippen LogP contribution in [0.4, 0.5) is 13.2 Å². The summed E-state index contributed by atoms with van der Waals surface area (Å²) in [6.07, 6.45) is -4.64. The molecular weight excluding hydrogens is 1070 g/mol. The molecule has 0 aliphatic rings. The Bertz CT molecular complexity index is 4800. The zero-order valence-corrected chi connectivity index (χ0v) is 51.7. The number of aryl methyl sites for hydroxylation is 13. The first-order valence-corrected chi connectivity index (χ1v) is 29.9. The molecule has 2 heterocycles. The summed E-state index contributed by atoms with van der Waals surface area (Å²) in [6, 6.07) is 63.3. The van der Waals surface area contributed by atoms with E-state index in [1.165, 1.54) is 101 Å². The molecule has 0 aliphatic carbocycles. The molecule has 13 aromatic rings. The van der Waals surface area contributed by atoms with Crippen molar-refractivity contribution < 1.29 is 13.2 Å². The Morgan fingerprint density at radius 3 is 0.931 bits per heavy atom. The van der Waals surface area contributed by atoms with E-state index in [-0.39, 0.29) is 5.56 Å². The van der Waals surface area contributed by atoms with Crippen molar-refractivity contribution in [2.45, 2.75) is 96.2 Å². The van der Waals surface area contributed by atoms with E-state index in [4.69, 9.17) is 0 Å². The van der Waals surface area contributed by atoms with Crippen molar-refractivity contribution in [3.63, 3.8) is 0 Å². The molecule has 0 aliphatic heterocycles. The lowest BCUT2D eigenvalue weighted by atomic mass is 9.90. The fraction of sp³-hybridized carbons (Fsp3) is 0.173. The monoisotopic (exact) mass is 1140 g/mol. The molecule has 2 aromatic heterocycles. The molecule has 3 nitrogen and oxygen atoms in total. The second-order valence-electron chi connectivity index (χ2n) is 24.8. The third-order valence-electron chi connectivity index (χ3n) is 18.2. The number of hydrogen-bond acceptors (Lipinski definition) is 1. The van der Waals surface area contributed by atoms with E-state index in [1.807, 2.05) is 36.4 Å². The molecule has 0 N–H and O–H groups in total. The van der Waals surface area contributed by atoms with Crippen LogP contribution in [0.5, 0.6) is 0 Å². The SMILES string of the molecule is Cc1cc(C)c(-c2ccc3c(c2)c2cc(-c4c(C)cc(C)cc4C)ccc2n3-c2ccc(C#N)cc2-c2cc(-c3c(C)cccc3C(F)(F)F)ccc2-n2c3ccc(-c4c(C)cc(C)cc4C)cc3c3cc(-c4c(C)cc(C)cc4C)ccc32)c(C)c1. The van der Waals surface area contributed by atoms with E-state index in [2.05, 4.69) is 220 Å². The maximum Gasteiger partial charge on any atom is 0.417 e. The maximum absolute atomic E-state index is 15.4. The van der Waals surface area contributed by atoms with Gasteiger partial charge in [0.2, 0.25) is 0 Å². The third kappa shape index (κ3) is 9.52. The van der Waals surface area contributed by atoms with Crippen LogP contribution >= 0.6 is 0 Å². The predicted molar refractivity (Wildman–Crippen MR) is 359 cm³/mol. The van der Waals surface area contributed by atoms with Gasteiger partial charge in [-0.2, -0.15) is 18.4 Å². The van der Waals surface area contributed by atoms with Crippen LogP contribution in [0, 0.1) is 101 Å². The molecule has 13 rings (SSSR count). The van der Waals surface area contributed by atoms with Crippen LogP contribution in [0.2, 0.25) is 0 Å². The molecule has 0 amide bonds. The lowest BCUT2D eigenvalue weighted by Crippen LogP contribution is -2.08. The molecule has 428 valence electrons. The molecule has 87 heavy (non-hydrogen) atoms. The zero-order valence-electron chi connectivity index (χ0n) is 51.7. The van der Waals surface area contributed by atoms with Crippen LogP contribution < -0.4 is 0 Å². The van der Waals surface area contributed by atoms with Crippen molar-refractivity contribution in [3.8, 4) is 84.2 Å². The summed E-state index contributed by atoms with van der Waals surface area (Å²) in [5.41, 5.74) is 31.0. The van der Waals surface area contributed by atoms with Gasteiger partial charge < -0.3 is 9.13 Å². The smallest absolute Gasteiger partial charge is 0.309 e. The second-order valence-corrected chi connectivity index (χ2v) is 24.8. The number of aromatic nitrogens is 2. The first-order valence-electron chi connectivity index (χ1n) is 29.9. The second kappa shape index (κ2) is 21.1. The molecule has 0 radical (unpaired) electrons. The Hall–Kier alpha value is -9.70. The Kier molecular flexibility index (Phi) is 13.7. The van der Waals surface area contributed by atoms with Gasteiger partial charge in [-0.05, 0) is 281 Å². The lowest BCUT2D eigenvalue weighted by molar-refractivity contribution is -0.137. The number of hydrogen-bond donors (Lipinski definition) is 0. The van der Waals surface area contributed by atoms with E-state index in [0.29, 0.717) is 27.8 Å². The van der Waals surface area contributed by atoms with Crippen molar-refractivity contribution in [1.82, 2.24) is 9.13 Å². The molecule has 0 unspecified atom stereocenters. The Labute approximate surface area is 508 Å². The van der Waals surface area contributed by atoms with Crippen molar-refractivity contribution in [1.29, 1.82) is 5.26 Å². The number of nitrogens with zero attached hydrogens (tertiary/aromatic N) is 3. The topological polar surface area (TPSA) is 33.6 Å². The molecule has 6 heteroatoms. The fourth-order valence-corrected chi connectivity index (χ4v) is 15.1. The van der Waals surface area contributed by atoms with Gasteiger partial charge in [0.25, 0.3) is 0 Å². The summed E-state index contributed by atoms with van der Waals surface area (Å²) in [5.74, 6) is 0. The van der Waals surface area contributed by atoms with Crippen LogP contribution in [0.25, 0.3) is 122 Å². The minimum Gasteiger partial charge on any atom is -0.309 e. The minimum absolute atomic E-state index is 0.111. The average Bonchev–Trinajstić information content (AvgIpc) is 1.63. The largest absolute Gasteiger partial charge is 0.417 e. The molecule has 0 spiro atoms. The van der Waals surface area contributed by atoms with Gasteiger partial charge in [0.05, 0.1) is 50.6 Å². The molecule has 0 fully saturated rings. The van der Waals surface area contributed by atoms with E-state index in [1.54, 1.807) is 13.0 Å². The van der Waals surface area contributed by atoms with Gasteiger partial charge in [0, 0.05) is 32.7 Å². The normalized spacial score (nSPS) is 11.9.